The van der Waals surface area contributed by atoms with Crippen molar-refractivity contribution in [3.05, 3.63) is 57.2 Å². The number of halogens is 1. The summed E-state index contributed by atoms with van der Waals surface area (Å²) in [4.78, 5) is 12.1. The maximum Gasteiger partial charge on any atom is 0.271 e. The van der Waals surface area contributed by atoms with Crippen molar-refractivity contribution >= 4 is 34.7 Å². The molecule has 0 heterocycles. The Morgan fingerprint density at radius 1 is 1.26 bits per heavy atom. The van der Waals surface area contributed by atoms with Crippen molar-refractivity contribution in [2.24, 2.45) is 5.10 Å². The number of hydrazone groups is 1. The van der Waals surface area contributed by atoms with Crippen LogP contribution in [0.3, 0.4) is 0 Å². The lowest BCUT2D eigenvalue weighted by molar-refractivity contribution is 0.0955. The van der Waals surface area contributed by atoms with Gasteiger partial charge in [0, 0.05) is 11.1 Å². The van der Waals surface area contributed by atoms with Crippen LogP contribution in [-0.4, -0.2) is 25.8 Å². The van der Waals surface area contributed by atoms with Gasteiger partial charge in [-0.25, -0.2) is 5.43 Å². The Balaban J connectivity index is 2.05. The van der Waals surface area contributed by atoms with Crippen LogP contribution in [-0.2, 0) is 0 Å². The number of rotatable bonds is 6. The quantitative estimate of drug-likeness (QED) is 0.439. The van der Waals surface area contributed by atoms with E-state index in [-0.39, 0.29) is 5.91 Å². The van der Waals surface area contributed by atoms with Gasteiger partial charge in [0.2, 0.25) is 0 Å². The lowest BCUT2D eigenvalue weighted by Gasteiger charge is -2.06. The van der Waals surface area contributed by atoms with Gasteiger partial charge in [0.15, 0.2) is 0 Å². The Hall–Kier alpha value is -2.09. The number of benzene rings is 2. The van der Waals surface area contributed by atoms with Crippen LogP contribution in [0.1, 0.15) is 22.8 Å². The second-order valence-electron chi connectivity index (χ2n) is 4.52. The van der Waals surface area contributed by atoms with E-state index >= 15 is 0 Å². The first-order valence-electron chi connectivity index (χ1n) is 7.04. The van der Waals surface area contributed by atoms with Crippen molar-refractivity contribution in [1.82, 2.24) is 5.43 Å². The maximum absolute atomic E-state index is 12.1. The molecule has 0 aromatic heterocycles. The minimum atomic E-state index is -0.282. The fraction of sp³-hybridized carbons (Fsp3) is 0.176. The standard InChI is InChI=1S/C17H17IN2O3/c1-3-23-15-7-5-4-6-13(15)11-19-20-17(21)12-8-9-16(22-2)14(18)10-12/h4-11H,3H2,1-2H3,(H,20,21)/b19-11+. The molecule has 6 heteroatoms. The fourth-order valence-corrected chi connectivity index (χ4v) is 2.64. The summed E-state index contributed by atoms with van der Waals surface area (Å²) in [6.07, 6.45) is 1.57. The van der Waals surface area contributed by atoms with Gasteiger partial charge in [-0.1, -0.05) is 12.1 Å². The van der Waals surface area contributed by atoms with Gasteiger partial charge in [-0.3, -0.25) is 4.79 Å². The number of ether oxygens (including phenoxy) is 2. The predicted octanol–water partition coefficient (Wildman–Crippen LogP) is 3.46. The number of carbonyl (C=O) groups excluding carboxylic acids is 1. The molecule has 0 saturated carbocycles. The highest BCUT2D eigenvalue weighted by atomic mass is 127. The summed E-state index contributed by atoms with van der Waals surface area (Å²) >= 11 is 2.12. The van der Waals surface area contributed by atoms with Gasteiger partial charge < -0.3 is 9.47 Å². The SMILES string of the molecule is CCOc1ccccc1/C=N/NC(=O)c1ccc(OC)c(I)c1. The average Bonchev–Trinajstić information content (AvgIpc) is 2.56. The third kappa shape index (κ3) is 4.69. The first-order valence-corrected chi connectivity index (χ1v) is 8.12. The molecular weight excluding hydrogens is 407 g/mol. The van der Waals surface area contributed by atoms with Crippen molar-refractivity contribution in [2.45, 2.75) is 6.92 Å². The van der Waals surface area contributed by atoms with Crippen molar-refractivity contribution in [2.75, 3.05) is 13.7 Å². The number of hydrogen-bond donors (Lipinski definition) is 1. The van der Waals surface area contributed by atoms with E-state index in [0.29, 0.717) is 12.2 Å². The Bertz CT molecular complexity index is 717. The summed E-state index contributed by atoms with van der Waals surface area (Å²) < 4.78 is 11.5. The van der Waals surface area contributed by atoms with Crippen molar-refractivity contribution in [1.29, 1.82) is 0 Å². The number of nitrogens with one attached hydrogen (secondary N) is 1. The van der Waals surface area contributed by atoms with E-state index in [4.69, 9.17) is 9.47 Å². The van der Waals surface area contributed by atoms with Crippen LogP contribution in [0.25, 0.3) is 0 Å². The molecule has 0 aliphatic rings. The predicted molar refractivity (Wildman–Crippen MR) is 98.4 cm³/mol. The molecule has 5 nitrogen and oxygen atoms in total. The number of para-hydroxylation sites is 1. The fourth-order valence-electron chi connectivity index (χ4n) is 1.91. The largest absolute Gasteiger partial charge is 0.496 e. The third-order valence-electron chi connectivity index (χ3n) is 3.00. The smallest absolute Gasteiger partial charge is 0.271 e. The molecule has 1 N–H and O–H groups in total. The molecule has 0 spiro atoms. The van der Waals surface area contributed by atoms with E-state index in [9.17, 15) is 4.79 Å². The summed E-state index contributed by atoms with van der Waals surface area (Å²) in [5, 5.41) is 3.99. The van der Waals surface area contributed by atoms with Crippen molar-refractivity contribution < 1.29 is 14.3 Å². The summed E-state index contributed by atoms with van der Waals surface area (Å²) in [7, 11) is 1.59. The normalized spacial score (nSPS) is 10.6. The number of carbonyl (C=O) groups is 1. The van der Waals surface area contributed by atoms with E-state index in [0.717, 1.165) is 20.6 Å². The molecule has 1 amide bonds. The van der Waals surface area contributed by atoms with Gasteiger partial charge in [-0.05, 0) is 59.8 Å². The zero-order valence-electron chi connectivity index (χ0n) is 12.9. The van der Waals surface area contributed by atoms with Crippen LogP contribution in [0.2, 0.25) is 0 Å². The molecule has 0 radical (unpaired) electrons. The molecule has 23 heavy (non-hydrogen) atoms. The average molecular weight is 424 g/mol. The van der Waals surface area contributed by atoms with Crippen molar-refractivity contribution in [3.8, 4) is 11.5 Å². The summed E-state index contributed by atoms with van der Waals surface area (Å²) in [5.41, 5.74) is 3.84. The molecule has 0 unspecified atom stereocenters. The zero-order chi connectivity index (χ0) is 16.7. The van der Waals surface area contributed by atoms with Crippen LogP contribution in [0.5, 0.6) is 11.5 Å². The Morgan fingerprint density at radius 2 is 2.04 bits per heavy atom. The first kappa shape index (κ1) is 17.3. The molecule has 0 bridgehead atoms. The Morgan fingerprint density at radius 3 is 2.74 bits per heavy atom. The van der Waals surface area contributed by atoms with Gasteiger partial charge in [0.1, 0.15) is 11.5 Å². The molecule has 0 aliphatic heterocycles. The molecule has 2 aromatic carbocycles. The number of hydrogen-bond acceptors (Lipinski definition) is 4. The minimum absolute atomic E-state index is 0.282. The number of nitrogens with zero attached hydrogens (tertiary/aromatic N) is 1. The lowest BCUT2D eigenvalue weighted by atomic mass is 10.2. The third-order valence-corrected chi connectivity index (χ3v) is 3.85. The van der Waals surface area contributed by atoms with E-state index < -0.39 is 0 Å². The monoisotopic (exact) mass is 424 g/mol. The Kier molecular flexibility index (Phi) is 6.40. The highest BCUT2D eigenvalue weighted by Crippen LogP contribution is 2.21. The van der Waals surface area contributed by atoms with Crippen LogP contribution >= 0.6 is 22.6 Å². The van der Waals surface area contributed by atoms with Crippen LogP contribution in [0, 0.1) is 3.57 Å². The molecule has 0 aliphatic carbocycles. The van der Waals surface area contributed by atoms with E-state index in [1.807, 2.05) is 31.2 Å². The molecule has 0 fully saturated rings. The molecule has 120 valence electrons. The van der Waals surface area contributed by atoms with Gasteiger partial charge in [-0.15, -0.1) is 0 Å². The summed E-state index contributed by atoms with van der Waals surface area (Å²) in [5.74, 6) is 1.18. The molecule has 0 atom stereocenters. The molecule has 2 aromatic rings. The van der Waals surface area contributed by atoms with Gasteiger partial charge in [0.05, 0.1) is 23.5 Å². The van der Waals surface area contributed by atoms with Crippen LogP contribution < -0.4 is 14.9 Å². The summed E-state index contributed by atoms with van der Waals surface area (Å²) in [6, 6.07) is 12.7. The van der Waals surface area contributed by atoms with Gasteiger partial charge >= 0.3 is 0 Å². The molecule has 0 saturated heterocycles. The van der Waals surface area contributed by atoms with Crippen molar-refractivity contribution in [3.63, 3.8) is 0 Å². The van der Waals surface area contributed by atoms with E-state index in [1.165, 1.54) is 0 Å². The highest BCUT2D eigenvalue weighted by Gasteiger charge is 2.08. The lowest BCUT2D eigenvalue weighted by Crippen LogP contribution is -2.17. The number of amides is 1. The second kappa shape index (κ2) is 8.52. The Labute approximate surface area is 148 Å². The van der Waals surface area contributed by atoms with E-state index in [1.54, 1.807) is 31.5 Å². The highest BCUT2D eigenvalue weighted by molar-refractivity contribution is 14.1. The summed E-state index contributed by atoms with van der Waals surface area (Å²) in [6.45, 7) is 2.49. The molecular formula is C17H17IN2O3. The first-order chi connectivity index (χ1) is 11.2. The maximum atomic E-state index is 12.1. The van der Waals surface area contributed by atoms with Crippen LogP contribution in [0.4, 0.5) is 0 Å². The minimum Gasteiger partial charge on any atom is -0.496 e. The number of methoxy groups -OCH3 is 1. The zero-order valence-corrected chi connectivity index (χ0v) is 15.0. The van der Waals surface area contributed by atoms with E-state index in [2.05, 4.69) is 33.1 Å². The van der Waals surface area contributed by atoms with Crippen LogP contribution in [0.15, 0.2) is 47.6 Å². The second-order valence-corrected chi connectivity index (χ2v) is 5.68. The molecule has 2 rings (SSSR count). The topological polar surface area (TPSA) is 59.9 Å². The van der Waals surface area contributed by atoms with Gasteiger partial charge in [-0.2, -0.15) is 5.10 Å². The van der Waals surface area contributed by atoms with Gasteiger partial charge in [0.25, 0.3) is 5.91 Å².